The van der Waals surface area contributed by atoms with Crippen LogP contribution >= 0.6 is 0 Å². The first-order chi connectivity index (χ1) is 9.02. The molecule has 0 aliphatic heterocycles. The third-order valence-corrected chi connectivity index (χ3v) is 3.24. The molecule has 0 fully saturated rings. The molecule has 1 N–H and O–H groups in total. The van der Waals surface area contributed by atoms with E-state index >= 15 is 0 Å². The lowest BCUT2D eigenvalue weighted by Crippen LogP contribution is -2.33. The van der Waals surface area contributed by atoms with Gasteiger partial charge < -0.3 is 15.0 Å². The molecule has 1 rings (SSSR count). The van der Waals surface area contributed by atoms with E-state index in [1.165, 1.54) is 11.1 Å². The number of rotatable bonds is 8. The summed E-state index contributed by atoms with van der Waals surface area (Å²) in [7, 11) is 3.91. The summed E-state index contributed by atoms with van der Waals surface area (Å²) in [4.78, 5) is 2.36. The Morgan fingerprint density at radius 2 is 2.00 bits per heavy atom. The number of benzene rings is 1. The second-order valence-corrected chi connectivity index (χ2v) is 5.48. The largest absolute Gasteiger partial charge is 0.496 e. The van der Waals surface area contributed by atoms with Gasteiger partial charge in [-0.05, 0) is 32.0 Å². The van der Waals surface area contributed by atoms with Crippen molar-refractivity contribution in [2.75, 3.05) is 33.8 Å². The lowest BCUT2D eigenvalue weighted by atomic mass is 10.1. The van der Waals surface area contributed by atoms with Crippen LogP contribution < -0.4 is 10.1 Å². The zero-order valence-electron chi connectivity index (χ0n) is 13.0. The van der Waals surface area contributed by atoms with Crippen LogP contribution in [0.3, 0.4) is 0 Å². The van der Waals surface area contributed by atoms with Gasteiger partial charge in [0.15, 0.2) is 0 Å². The van der Waals surface area contributed by atoms with E-state index in [0.717, 1.165) is 31.8 Å². The van der Waals surface area contributed by atoms with Gasteiger partial charge in [0.1, 0.15) is 5.75 Å². The van der Waals surface area contributed by atoms with Gasteiger partial charge in [0, 0.05) is 25.7 Å². The number of likely N-dealkylation sites (N-methyl/N-ethyl adjacent to an activating group) is 1. The molecular weight excluding hydrogens is 236 g/mol. The van der Waals surface area contributed by atoms with Crippen molar-refractivity contribution in [3.63, 3.8) is 0 Å². The van der Waals surface area contributed by atoms with Crippen LogP contribution in [0.1, 0.15) is 25.0 Å². The van der Waals surface area contributed by atoms with Gasteiger partial charge in [0.05, 0.1) is 7.11 Å². The van der Waals surface area contributed by atoms with Crippen molar-refractivity contribution in [2.45, 2.75) is 33.2 Å². The fourth-order valence-corrected chi connectivity index (χ4v) is 2.07. The Bertz CT molecular complexity index is 377. The first kappa shape index (κ1) is 16.0. The molecule has 0 aliphatic carbocycles. The molecule has 0 spiro atoms. The van der Waals surface area contributed by atoms with Gasteiger partial charge >= 0.3 is 0 Å². The Hall–Kier alpha value is -1.06. The molecule has 1 aromatic carbocycles. The number of methoxy groups -OCH3 is 1. The van der Waals surface area contributed by atoms with Gasteiger partial charge in [-0.2, -0.15) is 0 Å². The molecular formula is C16H28N2O. The number of aryl methyl sites for hydroxylation is 1. The predicted octanol–water partition coefficient (Wildman–Crippen LogP) is 2.48. The van der Waals surface area contributed by atoms with Crippen molar-refractivity contribution in [2.24, 2.45) is 0 Å². The molecule has 0 heterocycles. The van der Waals surface area contributed by atoms with Gasteiger partial charge in [-0.3, -0.25) is 0 Å². The maximum atomic E-state index is 5.41. The molecule has 19 heavy (non-hydrogen) atoms. The third kappa shape index (κ3) is 6.08. The second-order valence-electron chi connectivity index (χ2n) is 5.48. The molecule has 0 saturated carbocycles. The summed E-state index contributed by atoms with van der Waals surface area (Å²) in [6.45, 7) is 9.65. The molecule has 3 heteroatoms. The molecule has 0 atom stereocenters. The van der Waals surface area contributed by atoms with E-state index in [-0.39, 0.29) is 0 Å². The number of nitrogens with zero attached hydrogens (tertiary/aromatic N) is 1. The van der Waals surface area contributed by atoms with Gasteiger partial charge in [-0.25, -0.2) is 0 Å². The fourth-order valence-electron chi connectivity index (χ4n) is 2.07. The van der Waals surface area contributed by atoms with E-state index in [4.69, 9.17) is 4.74 Å². The van der Waals surface area contributed by atoms with Crippen LogP contribution in [-0.2, 0) is 6.42 Å². The molecule has 3 nitrogen and oxygen atoms in total. The normalized spacial score (nSPS) is 11.3. The molecule has 0 amide bonds. The van der Waals surface area contributed by atoms with Crippen molar-refractivity contribution < 1.29 is 4.74 Å². The highest BCUT2D eigenvalue weighted by Crippen LogP contribution is 2.20. The van der Waals surface area contributed by atoms with Crippen LogP contribution in [-0.4, -0.2) is 44.7 Å². The van der Waals surface area contributed by atoms with Gasteiger partial charge in [-0.1, -0.05) is 31.5 Å². The summed E-state index contributed by atoms with van der Waals surface area (Å²) in [5.41, 5.74) is 2.59. The van der Waals surface area contributed by atoms with E-state index in [2.05, 4.69) is 56.2 Å². The number of nitrogens with one attached hydrogen (secondary N) is 1. The van der Waals surface area contributed by atoms with E-state index in [1.54, 1.807) is 7.11 Å². The summed E-state index contributed by atoms with van der Waals surface area (Å²) >= 11 is 0. The quantitative estimate of drug-likeness (QED) is 0.780. The molecule has 0 radical (unpaired) electrons. The Kier molecular flexibility index (Phi) is 6.89. The summed E-state index contributed by atoms with van der Waals surface area (Å²) in [5, 5.41) is 3.44. The van der Waals surface area contributed by atoms with Gasteiger partial charge in [0.25, 0.3) is 0 Å². The highest BCUT2D eigenvalue weighted by atomic mass is 16.5. The maximum absolute atomic E-state index is 5.41. The van der Waals surface area contributed by atoms with Crippen LogP contribution in [0.25, 0.3) is 0 Å². The molecule has 0 aromatic heterocycles. The number of ether oxygens (including phenoxy) is 1. The molecule has 0 saturated heterocycles. The first-order valence-electron chi connectivity index (χ1n) is 7.08. The molecule has 108 valence electrons. The Morgan fingerprint density at radius 3 is 2.63 bits per heavy atom. The van der Waals surface area contributed by atoms with Crippen molar-refractivity contribution in [1.82, 2.24) is 10.2 Å². The topological polar surface area (TPSA) is 24.5 Å². The summed E-state index contributed by atoms with van der Waals surface area (Å²) in [5.74, 6) is 0.999. The third-order valence-electron chi connectivity index (χ3n) is 3.24. The van der Waals surface area contributed by atoms with Crippen LogP contribution in [0.4, 0.5) is 0 Å². The van der Waals surface area contributed by atoms with E-state index in [9.17, 15) is 0 Å². The minimum atomic E-state index is 0.560. The maximum Gasteiger partial charge on any atom is 0.122 e. The zero-order valence-corrected chi connectivity index (χ0v) is 13.0. The fraction of sp³-hybridized carbons (Fsp3) is 0.625. The van der Waals surface area contributed by atoms with Gasteiger partial charge in [0.2, 0.25) is 0 Å². The standard InChI is InChI=1S/C16H28N2O/c1-13(2)17-9-11-18(4)10-8-15-12-14(3)6-7-16(15)19-5/h6-7,12-13,17H,8-11H2,1-5H3. The minimum Gasteiger partial charge on any atom is -0.496 e. The molecule has 0 aliphatic rings. The van der Waals surface area contributed by atoms with Crippen molar-refractivity contribution in [3.05, 3.63) is 29.3 Å². The number of hydrogen-bond donors (Lipinski definition) is 1. The molecule has 1 aromatic rings. The van der Waals surface area contributed by atoms with E-state index in [0.29, 0.717) is 6.04 Å². The molecule has 0 bridgehead atoms. The average molecular weight is 264 g/mol. The lowest BCUT2D eigenvalue weighted by molar-refractivity contribution is 0.328. The monoisotopic (exact) mass is 264 g/mol. The summed E-state index contributed by atoms with van der Waals surface area (Å²) in [6.07, 6.45) is 1.03. The highest BCUT2D eigenvalue weighted by molar-refractivity contribution is 5.37. The predicted molar refractivity (Wildman–Crippen MR) is 82.1 cm³/mol. The first-order valence-corrected chi connectivity index (χ1v) is 7.08. The highest BCUT2D eigenvalue weighted by Gasteiger charge is 2.05. The smallest absolute Gasteiger partial charge is 0.122 e. The van der Waals surface area contributed by atoms with Crippen LogP contribution in [0.15, 0.2) is 18.2 Å². The summed E-state index contributed by atoms with van der Waals surface area (Å²) < 4.78 is 5.41. The van der Waals surface area contributed by atoms with Crippen LogP contribution in [0, 0.1) is 6.92 Å². The average Bonchev–Trinajstić information content (AvgIpc) is 2.36. The van der Waals surface area contributed by atoms with Crippen molar-refractivity contribution in [1.29, 1.82) is 0 Å². The Balaban J connectivity index is 2.41. The number of hydrogen-bond acceptors (Lipinski definition) is 3. The van der Waals surface area contributed by atoms with E-state index < -0.39 is 0 Å². The van der Waals surface area contributed by atoms with Crippen molar-refractivity contribution in [3.8, 4) is 5.75 Å². The Morgan fingerprint density at radius 1 is 1.26 bits per heavy atom. The lowest BCUT2D eigenvalue weighted by Gasteiger charge is -2.19. The molecule has 0 unspecified atom stereocenters. The second kappa shape index (κ2) is 8.18. The SMILES string of the molecule is COc1ccc(C)cc1CCN(C)CCNC(C)C. The van der Waals surface area contributed by atoms with Gasteiger partial charge in [-0.15, -0.1) is 0 Å². The Labute approximate surface area is 118 Å². The van der Waals surface area contributed by atoms with Crippen LogP contribution in [0.2, 0.25) is 0 Å². The summed E-state index contributed by atoms with van der Waals surface area (Å²) in [6, 6.07) is 6.94. The van der Waals surface area contributed by atoms with E-state index in [1.807, 2.05) is 0 Å². The van der Waals surface area contributed by atoms with Crippen LogP contribution in [0.5, 0.6) is 5.75 Å². The van der Waals surface area contributed by atoms with Crippen molar-refractivity contribution >= 4 is 0 Å². The minimum absolute atomic E-state index is 0.560. The zero-order chi connectivity index (χ0) is 14.3.